The Morgan fingerprint density at radius 2 is 1.86 bits per heavy atom. The van der Waals surface area contributed by atoms with E-state index in [-0.39, 0.29) is 0 Å². The smallest absolute Gasteiger partial charge is 0.173 e. The molecule has 0 aliphatic carbocycles. The molecular weight excluding hydrogens is 186 g/mol. The highest BCUT2D eigenvalue weighted by molar-refractivity contribution is 5.40. The first-order chi connectivity index (χ1) is 6.81. The van der Waals surface area contributed by atoms with Crippen LogP contribution in [-0.4, -0.2) is 14.2 Å². The second kappa shape index (κ2) is 5.43. The third kappa shape index (κ3) is 2.59. The Morgan fingerprint density at radius 3 is 2.43 bits per heavy atom. The SMILES string of the molecule is COOc1ccc(CN)c(OOC)c1. The van der Waals surface area contributed by atoms with Gasteiger partial charge >= 0.3 is 0 Å². The Morgan fingerprint density at radius 1 is 1.14 bits per heavy atom. The van der Waals surface area contributed by atoms with Gasteiger partial charge < -0.3 is 15.5 Å². The van der Waals surface area contributed by atoms with E-state index in [4.69, 9.17) is 15.5 Å². The lowest BCUT2D eigenvalue weighted by Crippen LogP contribution is -2.02. The van der Waals surface area contributed by atoms with E-state index < -0.39 is 0 Å². The molecule has 0 aliphatic heterocycles. The minimum atomic E-state index is 0.367. The van der Waals surface area contributed by atoms with Crippen molar-refractivity contribution < 1.29 is 19.6 Å². The molecule has 0 saturated carbocycles. The average Bonchev–Trinajstić information content (AvgIpc) is 2.19. The zero-order valence-corrected chi connectivity index (χ0v) is 8.15. The highest BCUT2D eigenvalue weighted by atomic mass is 17.2. The van der Waals surface area contributed by atoms with Gasteiger partial charge in [0.2, 0.25) is 0 Å². The van der Waals surface area contributed by atoms with Crippen LogP contribution in [0.3, 0.4) is 0 Å². The molecule has 0 unspecified atom stereocenters. The molecule has 0 aliphatic rings. The normalized spacial score (nSPS) is 9.93. The molecule has 1 aromatic carbocycles. The minimum Gasteiger partial charge on any atom is -0.338 e. The van der Waals surface area contributed by atoms with E-state index in [2.05, 4.69) is 9.78 Å². The summed E-state index contributed by atoms with van der Waals surface area (Å²) in [7, 11) is 2.85. The van der Waals surface area contributed by atoms with Gasteiger partial charge in [-0.2, -0.15) is 9.78 Å². The van der Waals surface area contributed by atoms with Crippen LogP contribution in [0.25, 0.3) is 0 Å². The molecule has 0 fully saturated rings. The standard InChI is InChI=1S/C9H13NO4/c1-11-13-8-4-3-7(6-10)9(5-8)14-12-2/h3-5H,6,10H2,1-2H3. The van der Waals surface area contributed by atoms with E-state index in [1.54, 1.807) is 18.2 Å². The first-order valence-corrected chi connectivity index (χ1v) is 4.06. The summed E-state index contributed by atoms with van der Waals surface area (Å²) in [5.41, 5.74) is 6.33. The quantitative estimate of drug-likeness (QED) is 0.566. The average molecular weight is 199 g/mol. The highest BCUT2D eigenvalue weighted by Gasteiger charge is 2.05. The fourth-order valence-corrected chi connectivity index (χ4v) is 1.02. The van der Waals surface area contributed by atoms with Crippen LogP contribution in [0.2, 0.25) is 0 Å². The lowest BCUT2D eigenvalue weighted by Gasteiger charge is -2.08. The van der Waals surface area contributed by atoms with Crippen LogP contribution in [0.4, 0.5) is 0 Å². The molecule has 0 aromatic heterocycles. The summed E-state index contributed by atoms with van der Waals surface area (Å²) in [4.78, 5) is 18.8. The molecular formula is C9H13NO4. The summed E-state index contributed by atoms with van der Waals surface area (Å²) < 4.78 is 0. The minimum absolute atomic E-state index is 0.367. The van der Waals surface area contributed by atoms with Gasteiger partial charge in [-0.25, -0.2) is 0 Å². The van der Waals surface area contributed by atoms with Crippen molar-refractivity contribution in [1.82, 2.24) is 0 Å². The largest absolute Gasteiger partial charge is 0.338 e. The van der Waals surface area contributed by atoms with Crippen molar-refractivity contribution in [2.24, 2.45) is 5.73 Å². The Balaban J connectivity index is 2.88. The van der Waals surface area contributed by atoms with Crippen LogP contribution >= 0.6 is 0 Å². The van der Waals surface area contributed by atoms with Crippen LogP contribution < -0.4 is 15.5 Å². The molecule has 0 spiro atoms. The Labute approximate surface area is 82.2 Å². The van der Waals surface area contributed by atoms with Crippen molar-refractivity contribution in [3.63, 3.8) is 0 Å². The number of hydrogen-bond acceptors (Lipinski definition) is 5. The van der Waals surface area contributed by atoms with E-state index >= 15 is 0 Å². The van der Waals surface area contributed by atoms with Crippen molar-refractivity contribution in [3.8, 4) is 11.5 Å². The molecule has 0 heterocycles. The first-order valence-electron chi connectivity index (χ1n) is 4.06. The van der Waals surface area contributed by atoms with Crippen LogP contribution in [0.5, 0.6) is 11.5 Å². The van der Waals surface area contributed by atoms with E-state index in [9.17, 15) is 0 Å². The molecule has 5 heteroatoms. The summed E-state index contributed by atoms with van der Waals surface area (Å²) in [5.74, 6) is 1.04. The molecule has 1 aromatic rings. The number of benzene rings is 1. The molecule has 0 saturated heterocycles. The van der Waals surface area contributed by atoms with Gasteiger partial charge in [0.1, 0.15) is 0 Å². The summed E-state index contributed by atoms with van der Waals surface area (Å²) in [6.07, 6.45) is 0. The van der Waals surface area contributed by atoms with Crippen molar-refractivity contribution >= 4 is 0 Å². The maximum Gasteiger partial charge on any atom is 0.173 e. The Kier molecular flexibility index (Phi) is 4.18. The van der Waals surface area contributed by atoms with Crippen molar-refractivity contribution in [2.45, 2.75) is 6.54 Å². The maximum atomic E-state index is 5.50. The fraction of sp³-hybridized carbons (Fsp3) is 0.333. The monoisotopic (exact) mass is 199 g/mol. The molecule has 2 N–H and O–H groups in total. The second-order valence-corrected chi connectivity index (χ2v) is 2.47. The Hall–Kier alpha value is -1.30. The van der Waals surface area contributed by atoms with Gasteiger partial charge in [-0.3, -0.25) is 0 Å². The number of rotatable bonds is 5. The van der Waals surface area contributed by atoms with Crippen molar-refractivity contribution in [2.75, 3.05) is 14.2 Å². The van der Waals surface area contributed by atoms with Gasteiger partial charge in [0.05, 0.1) is 14.2 Å². The van der Waals surface area contributed by atoms with E-state index in [0.29, 0.717) is 18.0 Å². The van der Waals surface area contributed by atoms with Crippen molar-refractivity contribution in [3.05, 3.63) is 23.8 Å². The first kappa shape index (κ1) is 10.8. The third-order valence-corrected chi connectivity index (χ3v) is 1.61. The van der Waals surface area contributed by atoms with Gasteiger partial charge in [0.15, 0.2) is 11.5 Å². The molecule has 0 radical (unpaired) electrons. The lowest BCUT2D eigenvalue weighted by atomic mass is 10.2. The van der Waals surface area contributed by atoms with E-state index in [1.165, 1.54) is 14.2 Å². The summed E-state index contributed by atoms with van der Waals surface area (Å²) in [5, 5.41) is 0. The molecule has 14 heavy (non-hydrogen) atoms. The molecule has 0 atom stereocenters. The summed E-state index contributed by atoms with van der Waals surface area (Å²) >= 11 is 0. The zero-order valence-electron chi connectivity index (χ0n) is 8.15. The van der Waals surface area contributed by atoms with Gasteiger partial charge in [-0.15, -0.1) is 0 Å². The third-order valence-electron chi connectivity index (χ3n) is 1.61. The zero-order chi connectivity index (χ0) is 10.4. The molecule has 0 amide bonds. The van der Waals surface area contributed by atoms with Gasteiger partial charge in [0, 0.05) is 18.2 Å². The summed E-state index contributed by atoms with van der Waals surface area (Å²) in [6.45, 7) is 0.367. The fourth-order valence-electron chi connectivity index (χ4n) is 1.02. The molecule has 0 bridgehead atoms. The van der Waals surface area contributed by atoms with Gasteiger partial charge in [-0.05, 0) is 6.07 Å². The van der Waals surface area contributed by atoms with Crippen molar-refractivity contribution in [1.29, 1.82) is 0 Å². The predicted molar refractivity (Wildman–Crippen MR) is 49.6 cm³/mol. The predicted octanol–water partition coefficient (Wildman–Crippen LogP) is 1.03. The molecule has 78 valence electrons. The summed E-state index contributed by atoms with van der Waals surface area (Å²) in [6, 6.07) is 5.14. The molecule has 5 nitrogen and oxygen atoms in total. The van der Waals surface area contributed by atoms with Gasteiger partial charge in [0.25, 0.3) is 0 Å². The molecule has 1 rings (SSSR count). The van der Waals surface area contributed by atoms with Gasteiger partial charge in [-0.1, -0.05) is 6.07 Å². The Bertz CT molecular complexity index is 290. The lowest BCUT2D eigenvalue weighted by molar-refractivity contribution is -0.184. The van der Waals surface area contributed by atoms with Crippen LogP contribution in [0.15, 0.2) is 18.2 Å². The highest BCUT2D eigenvalue weighted by Crippen LogP contribution is 2.24. The van der Waals surface area contributed by atoms with E-state index in [0.717, 1.165) is 5.56 Å². The maximum absolute atomic E-state index is 5.50. The van der Waals surface area contributed by atoms with Crippen LogP contribution in [0.1, 0.15) is 5.56 Å². The topological polar surface area (TPSA) is 62.9 Å². The van der Waals surface area contributed by atoms with Crippen LogP contribution in [-0.2, 0) is 16.3 Å². The second-order valence-electron chi connectivity index (χ2n) is 2.47. The number of nitrogens with two attached hydrogens (primary N) is 1. The number of hydrogen-bond donors (Lipinski definition) is 1. The van der Waals surface area contributed by atoms with E-state index in [1.807, 2.05) is 0 Å². The van der Waals surface area contributed by atoms with Crippen LogP contribution in [0, 0.1) is 0 Å².